The van der Waals surface area contributed by atoms with Gasteiger partial charge in [-0.05, 0) is 70.7 Å². The number of ether oxygens (including phenoxy) is 1. The Balaban J connectivity index is 2.03. The lowest BCUT2D eigenvalue weighted by molar-refractivity contribution is -0.123. The highest BCUT2D eigenvalue weighted by Crippen LogP contribution is 2.25. The smallest absolute Gasteiger partial charge is 0.262 e. The number of benzene rings is 2. The van der Waals surface area contributed by atoms with Gasteiger partial charge in [-0.25, -0.2) is 5.43 Å². The zero-order valence-corrected chi connectivity index (χ0v) is 19.8. The van der Waals surface area contributed by atoms with Gasteiger partial charge < -0.3 is 10.1 Å². The number of hydrazone groups is 1. The predicted octanol–water partition coefficient (Wildman–Crippen LogP) is 5.06. The first-order valence-electron chi connectivity index (χ1n) is 9.24. The van der Waals surface area contributed by atoms with Gasteiger partial charge in [0.1, 0.15) is 11.8 Å². The molecule has 0 saturated carbocycles. The summed E-state index contributed by atoms with van der Waals surface area (Å²) in [5.74, 6) is -0.295. The first-order valence-corrected chi connectivity index (χ1v) is 10.8. The molecule has 0 aromatic heterocycles. The molecule has 2 aromatic rings. The van der Waals surface area contributed by atoms with Crippen LogP contribution < -0.4 is 15.5 Å². The van der Waals surface area contributed by atoms with Crippen molar-refractivity contribution in [2.45, 2.75) is 26.8 Å². The highest BCUT2D eigenvalue weighted by Gasteiger charge is 2.24. The molecule has 2 N–H and O–H groups in total. The van der Waals surface area contributed by atoms with Gasteiger partial charge in [0.2, 0.25) is 0 Å². The molecule has 0 saturated heterocycles. The SMILES string of the molecule is CCOc1ccc(C=NNC(=O)C(NC(=O)c2ccc(Cl)c(Cl)c2)C(C)C)cc1Br. The summed E-state index contributed by atoms with van der Waals surface area (Å²) < 4.78 is 6.25. The molecule has 2 rings (SSSR count). The topological polar surface area (TPSA) is 79.8 Å². The highest BCUT2D eigenvalue weighted by atomic mass is 79.9. The summed E-state index contributed by atoms with van der Waals surface area (Å²) in [7, 11) is 0. The lowest BCUT2D eigenvalue weighted by atomic mass is 10.0. The van der Waals surface area contributed by atoms with Gasteiger partial charge in [-0.15, -0.1) is 0 Å². The number of amides is 2. The number of nitrogens with zero attached hydrogens (tertiary/aromatic N) is 1. The van der Waals surface area contributed by atoms with Gasteiger partial charge in [-0.2, -0.15) is 5.10 Å². The fraction of sp³-hybridized carbons (Fsp3) is 0.286. The van der Waals surface area contributed by atoms with Crippen LogP contribution in [0.25, 0.3) is 0 Å². The maximum atomic E-state index is 12.6. The third-order valence-electron chi connectivity index (χ3n) is 4.06. The maximum absolute atomic E-state index is 12.6. The molecule has 0 fully saturated rings. The number of hydrogen-bond acceptors (Lipinski definition) is 4. The standard InChI is InChI=1S/C21H22BrCl2N3O3/c1-4-30-18-8-5-13(9-15(18)22)11-25-27-21(29)19(12(2)3)26-20(28)14-6-7-16(23)17(24)10-14/h5-12,19H,4H2,1-3H3,(H,26,28)(H,27,29). The summed E-state index contributed by atoms with van der Waals surface area (Å²) in [6.07, 6.45) is 1.51. The van der Waals surface area contributed by atoms with Gasteiger partial charge in [0, 0.05) is 5.56 Å². The van der Waals surface area contributed by atoms with Crippen molar-refractivity contribution in [3.63, 3.8) is 0 Å². The van der Waals surface area contributed by atoms with Gasteiger partial charge in [0.25, 0.3) is 11.8 Å². The van der Waals surface area contributed by atoms with Gasteiger partial charge in [0.05, 0.1) is 27.3 Å². The van der Waals surface area contributed by atoms with Crippen molar-refractivity contribution in [2.75, 3.05) is 6.61 Å². The van der Waals surface area contributed by atoms with Crippen LogP contribution in [0.1, 0.15) is 36.7 Å². The number of carbonyl (C=O) groups excluding carboxylic acids is 2. The molecule has 2 aromatic carbocycles. The summed E-state index contributed by atoms with van der Waals surface area (Å²) in [5.41, 5.74) is 3.55. The summed E-state index contributed by atoms with van der Waals surface area (Å²) >= 11 is 15.3. The molecule has 0 aliphatic carbocycles. The van der Waals surface area contributed by atoms with Gasteiger partial charge in [0.15, 0.2) is 0 Å². The number of nitrogens with one attached hydrogen (secondary N) is 2. The molecule has 0 radical (unpaired) electrons. The largest absolute Gasteiger partial charge is 0.493 e. The van der Waals surface area contributed by atoms with Crippen molar-refractivity contribution in [2.24, 2.45) is 11.0 Å². The van der Waals surface area contributed by atoms with Crippen molar-refractivity contribution in [3.05, 3.63) is 62.0 Å². The van der Waals surface area contributed by atoms with Gasteiger partial charge in [-0.1, -0.05) is 37.0 Å². The van der Waals surface area contributed by atoms with Crippen LogP contribution in [-0.2, 0) is 4.79 Å². The van der Waals surface area contributed by atoms with E-state index in [2.05, 4.69) is 31.8 Å². The first-order chi connectivity index (χ1) is 14.2. The zero-order chi connectivity index (χ0) is 22.3. The molecule has 0 spiro atoms. The van der Waals surface area contributed by atoms with E-state index in [-0.39, 0.29) is 10.9 Å². The summed E-state index contributed by atoms with van der Waals surface area (Å²) in [5, 5.41) is 7.31. The van der Waals surface area contributed by atoms with E-state index in [1.165, 1.54) is 18.3 Å². The van der Waals surface area contributed by atoms with Crippen LogP contribution in [0.15, 0.2) is 46.0 Å². The molecule has 1 unspecified atom stereocenters. The van der Waals surface area contributed by atoms with Crippen molar-refractivity contribution in [1.82, 2.24) is 10.7 Å². The second-order valence-electron chi connectivity index (χ2n) is 6.68. The van der Waals surface area contributed by atoms with Crippen LogP contribution in [0, 0.1) is 5.92 Å². The van der Waals surface area contributed by atoms with Crippen LogP contribution in [0.3, 0.4) is 0 Å². The minimum Gasteiger partial charge on any atom is -0.493 e. The minimum absolute atomic E-state index is 0.161. The number of rotatable bonds is 8. The number of carbonyl (C=O) groups is 2. The van der Waals surface area contributed by atoms with E-state index < -0.39 is 17.9 Å². The predicted molar refractivity (Wildman–Crippen MR) is 124 cm³/mol. The molecule has 160 valence electrons. The lowest BCUT2D eigenvalue weighted by Crippen LogP contribution is -2.48. The van der Waals surface area contributed by atoms with Crippen LogP contribution >= 0.6 is 39.1 Å². The van der Waals surface area contributed by atoms with E-state index in [9.17, 15) is 9.59 Å². The van der Waals surface area contributed by atoms with E-state index in [1.807, 2.05) is 39.0 Å². The number of halogens is 3. The van der Waals surface area contributed by atoms with E-state index in [0.29, 0.717) is 17.2 Å². The Morgan fingerprint density at radius 1 is 1.17 bits per heavy atom. The van der Waals surface area contributed by atoms with Gasteiger partial charge >= 0.3 is 0 Å². The summed E-state index contributed by atoms with van der Waals surface area (Å²) in [4.78, 5) is 25.1. The summed E-state index contributed by atoms with van der Waals surface area (Å²) in [6, 6.07) is 9.20. The Morgan fingerprint density at radius 3 is 2.50 bits per heavy atom. The fourth-order valence-corrected chi connectivity index (χ4v) is 3.32. The van der Waals surface area contributed by atoms with E-state index in [0.717, 1.165) is 15.8 Å². The second kappa shape index (κ2) is 11.3. The van der Waals surface area contributed by atoms with Crippen LogP contribution in [0.2, 0.25) is 10.0 Å². The molecule has 30 heavy (non-hydrogen) atoms. The highest BCUT2D eigenvalue weighted by molar-refractivity contribution is 9.10. The van der Waals surface area contributed by atoms with Crippen molar-refractivity contribution >= 4 is 57.2 Å². The molecular weight excluding hydrogens is 493 g/mol. The monoisotopic (exact) mass is 513 g/mol. The molecule has 1 atom stereocenters. The first kappa shape index (κ1) is 24.2. The average Bonchev–Trinajstić information content (AvgIpc) is 2.69. The quantitative estimate of drug-likeness (QED) is 0.381. The van der Waals surface area contributed by atoms with Crippen LogP contribution in [-0.4, -0.2) is 30.7 Å². The van der Waals surface area contributed by atoms with E-state index in [4.69, 9.17) is 27.9 Å². The van der Waals surface area contributed by atoms with E-state index >= 15 is 0 Å². The third-order valence-corrected chi connectivity index (χ3v) is 5.42. The summed E-state index contributed by atoms with van der Waals surface area (Å²) in [6.45, 7) is 6.12. The molecule has 0 aliphatic heterocycles. The third kappa shape index (κ3) is 6.72. The van der Waals surface area contributed by atoms with Crippen LogP contribution in [0.5, 0.6) is 5.75 Å². The Kier molecular flexibility index (Phi) is 9.14. The molecular formula is C21H22BrCl2N3O3. The Labute approximate surface area is 194 Å². The molecule has 2 amide bonds. The van der Waals surface area contributed by atoms with Crippen molar-refractivity contribution < 1.29 is 14.3 Å². The zero-order valence-electron chi connectivity index (χ0n) is 16.7. The Bertz CT molecular complexity index is 951. The normalized spacial score (nSPS) is 12.1. The van der Waals surface area contributed by atoms with Crippen molar-refractivity contribution in [1.29, 1.82) is 0 Å². The second-order valence-corrected chi connectivity index (χ2v) is 8.35. The maximum Gasteiger partial charge on any atom is 0.262 e. The molecule has 0 bridgehead atoms. The molecule has 6 nitrogen and oxygen atoms in total. The van der Waals surface area contributed by atoms with Gasteiger partial charge in [-0.3, -0.25) is 9.59 Å². The Hall–Kier alpha value is -2.09. The minimum atomic E-state index is -0.781. The fourth-order valence-electron chi connectivity index (χ4n) is 2.51. The molecule has 9 heteroatoms. The average molecular weight is 515 g/mol. The van der Waals surface area contributed by atoms with Crippen molar-refractivity contribution in [3.8, 4) is 5.75 Å². The lowest BCUT2D eigenvalue weighted by Gasteiger charge is -2.20. The Morgan fingerprint density at radius 2 is 1.90 bits per heavy atom. The molecule has 0 heterocycles. The number of hydrogen-bond donors (Lipinski definition) is 2. The van der Waals surface area contributed by atoms with Crippen LogP contribution in [0.4, 0.5) is 0 Å². The van der Waals surface area contributed by atoms with E-state index in [1.54, 1.807) is 6.07 Å². The molecule has 0 aliphatic rings.